The Labute approximate surface area is 145 Å². The van der Waals surface area contributed by atoms with Gasteiger partial charge in [-0.25, -0.2) is 13.6 Å². The lowest BCUT2D eigenvalue weighted by atomic mass is 10.2. The highest BCUT2D eigenvalue weighted by molar-refractivity contribution is 7.89. The standard InChI is InChI=1S/C16H17N3O5S/c1-24-14-5-3-2-4-13(14)19-16(21)15(20)18-10-11-6-8-12(9-7-11)25(17,22)23/h2-9H,10H2,1H3,(H,18,20)(H,19,21)(H2,17,22,23). The van der Waals surface area contributed by atoms with Crippen molar-refractivity contribution in [3.63, 3.8) is 0 Å². The van der Waals surface area contributed by atoms with E-state index in [2.05, 4.69) is 10.6 Å². The summed E-state index contributed by atoms with van der Waals surface area (Å²) in [5, 5.41) is 9.90. The van der Waals surface area contributed by atoms with Crippen molar-refractivity contribution in [1.82, 2.24) is 5.32 Å². The predicted octanol–water partition coefficient (Wildman–Crippen LogP) is 0.597. The van der Waals surface area contributed by atoms with Crippen LogP contribution in [-0.4, -0.2) is 27.3 Å². The van der Waals surface area contributed by atoms with Gasteiger partial charge < -0.3 is 15.4 Å². The summed E-state index contributed by atoms with van der Waals surface area (Å²) < 4.78 is 27.4. The monoisotopic (exact) mass is 363 g/mol. The molecule has 8 nitrogen and oxygen atoms in total. The van der Waals surface area contributed by atoms with Crippen LogP contribution in [0.2, 0.25) is 0 Å². The lowest BCUT2D eigenvalue weighted by molar-refractivity contribution is -0.136. The van der Waals surface area contributed by atoms with Crippen molar-refractivity contribution in [2.24, 2.45) is 5.14 Å². The van der Waals surface area contributed by atoms with Gasteiger partial charge in [0, 0.05) is 6.54 Å². The van der Waals surface area contributed by atoms with Crippen molar-refractivity contribution < 1.29 is 22.7 Å². The SMILES string of the molecule is COc1ccccc1NC(=O)C(=O)NCc1ccc(S(N)(=O)=O)cc1. The smallest absolute Gasteiger partial charge is 0.313 e. The molecule has 0 atom stereocenters. The summed E-state index contributed by atoms with van der Waals surface area (Å²) in [6.45, 7) is 0.0586. The van der Waals surface area contributed by atoms with Crippen LogP contribution < -0.4 is 20.5 Å². The number of para-hydroxylation sites is 2. The Morgan fingerprint density at radius 1 is 1.04 bits per heavy atom. The number of sulfonamides is 1. The molecule has 2 aromatic rings. The van der Waals surface area contributed by atoms with E-state index in [0.717, 1.165) is 0 Å². The second-order valence-electron chi connectivity index (χ2n) is 5.03. The largest absolute Gasteiger partial charge is 0.495 e. The topological polar surface area (TPSA) is 128 Å². The third-order valence-corrected chi connectivity index (χ3v) is 4.20. The van der Waals surface area contributed by atoms with Crippen molar-refractivity contribution >= 4 is 27.5 Å². The van der Waals surface area contributed by atoms with E-state index in [1.54, 1.807) is 24.3 Å². The third-order valence-electron chi connectivity index (χ3n) is 3.27. The fraction of sp³-hybridized carbons (Fsp3) is 0.125. The summed E-state index contributed by atoms with van der Waals surface area (Å²) in [7, 11) is -2.31. The minimum Gasteiger partial charge on any atom is -0.495 e. The highest BCUT2D eigenvalue weighted by Crippen LogP contribution is 2.22. The molecule has 0 saturated heterocycles. The third kappa shape index (κ3) is 5.03. The fourth-order valence-corrected chi connectivity index (χ4v) is 2.50. The van der Waals surface area contributed by atoms with Crippen molar-refractivity contribution in [2.45, 2.75) is 11.4 Å². The number of nitrogens with one attached hydrogen (secondary N) is 2. The first-order valence-electron chi connectivity index (χ1n) is 7.15. The fourth-order valence-electron chi connectivity index (χ4n) is 1.99. The number of nitrogens with two attached hydrogens (primary N) is 1. The van der Waals surface area contributed by atoms with Gasteiger partial charge in [-0.05, 0) is 29.8 Å². The van der Waals surface area contributed by atoms with Crippen LogP contribution in [0.4, 0.5) is 5.69 Å². The Morgan fingerprint density at radius 3 is 2.28 bits per heavy atom. The first kappa shape index (κ1) is 18.4. The minimum absolute atomic E-state index is 0.0310. The molecule has 0 saturated carbocycles. The molecule has 0 fully saturated rings. The molecule has 0 aliphatic rings. The number of methoxy groups -OCH3 is 1. The average Bonchev–Trinajstić information content (AvgIpc) is 2.59. The van der Waals surface area contributed by atoms with E-state index in [-0.39, 0.29) is 11.4 Å². The lowest BCUT2D eigenvalue weighted by Crippen LogP contribution is -2.35. The normalized spacial score (nSPS) is 10.8. The molecular weight excluding hydrogens is 346 g/mol. The molecule has 0 spiro atoms. The number of carbonyl (C=O) groups is 2. The number of hydrogen-bond donors (Lipinski definition) is 3. The molecule has 2 amide bonds. The van der Waals surface area contributed by atoms with Gasteiger partial charge in [0.25, 0.3) is 0 Å². The Balaban J connectivity index is 1.94. The van der Waals surface area contributed by atoms with Crippen LogP contribution in [0, 0.1) is 0 Å². The summed E-state index contributed by atoms with van der Waals surface area (Å²) in [5.74, 6) is -1.24. The molecule has 0 radical (unpaired) electrons. The number of benzene rings is 2. The zero-order valence-corrected chi connectivity index (χ0v) is 14.2. The van der Waals surface area contributed by atoms with Crippen LogP contribution in [0.3, 0.4) is 0 Å². The highest BCUT2D eigenvalue weighted by atomic mass is 32.2. The molecule has 25 heavy (non-hydrogen) atoms. The second-order valence-corrected chi connectivity index (χ2v) is 6.59. The van der Waals surface area contributed by atoms with Gasteiger partial charge in [-0.15, -0.1) is 0 Å². The van der Waals surface area contributed by atoms with Gasteiger partial charge in [0.2, 0.25) is 10.0 Å². The van der Waals surface area contributed by atoms with Crippen LogP contribution >= 0.6 is 0 Å². The van der Waals surface area contributed by atoms with E-state index >= 15 is 0 Å². The second kappa shape index (κ2) is 7.77. The summed E-state index contributed by atoms with van der Waals surface area (Å²) >= 11 is 0. The predicted molar refractivity (Wildman–Crippen MR) is 91.3 cm³/mol. The van der Waals surface area contributed by atoms with Gasteiger partial charge in [-0.3, -0.25) is 9.59 Å². The minimum atomic E-state index is -3.77. The molecule has 132 valence electrons. The van der Waals surface area contributed by atoms with E-state index in [1.165, 1.54) is 31.4 Å². The number of primary sulfonamides is 1. The van der Waals surface area contributed by atoms with Crippen LogP contribution in [0.5, 0.6) is 5.75 Å². The molecule has 0 aliphatic carbocycles. The van der Waals surface area contributed by atoms with E-state index in [4.69, 9.17) is 9.88 Å². The van der Waals surface area contributed by atoms with Crippen LogP contribution in [0.15, 0.2) is 53.4 Å². The van der Waals surface area contributed by atoms with Crippen LogP contribution in [-0.2, 0) is 26.2 Å². The Hall–Kier alpha value is -2.91. The number of rotatable bonds is 5. The average molecular weight is 363 g/mol. The summed E-state index contributed by atoms with van der Waals surface area (Å²) in [4.78, 5) is 23.7. The van der Waals surface area contributed by atoms with Crippen molar-refractivity contribution in [1.29, 1.82) is 0 Å². The number of amides is 2. The van der Waals surface area contributed by atoms with Gasteiger partial charge >= 0.3 is 11.8 Å². The molecule has 0 heterocycles. The molecule has 0 unspecified atom stereocenters. The number of ether oxygens (including phenoxy) is 1. The molecule has 0 bridgehead atoms. The van der Waals surface area contributed by atoms with E-state index < -0.39 is 21.8 Å². The summed E-state index contributed by atoms with van der Waals surface area (Å²) in [5.41, 5.74) is 0.994. The highest BCUT2D eigenvalue weighted by Gasteiger charge is 2.15. The summed E-state index contributed by atoms with van der Waals surface area (Å²) in [6.07, 6.45) is 0. The zero-order chi connectivity index (χ0) is 18.4. The Bertz CT molecular complexity index is 879. The van der Waals surface area contributed by atoms with Crippen molar-refractivity contribution in [3.05, 3.63) is 54.1 Å². The maximum absolute atomic E-state index is 11.9. The van der Waals surface area contributed by atoms with Crippen molar-refractivity contribution in [3.8, 4) is 5.75 Å². The number of anilines is 1. The lowest BCUT2D eigenvalue weighted by Gasteiger charge is -2.10. The maximum atomic E-state index is 11.9. The molecule has 0 aromatic heterocycles. The van der Waals surface area contributed by atoms with Crippen molar-refractivity contribution in [2.75, 3.05) is 12.4 Å². The van der Waals surface area contributed by atoms with E-state index in [0.29, 0.717) is 17.0 Å². The molecule has 9 heteroatoms. The van der Waals surface area contributed by atoms with E-state index in [1.807, 2.05) is 0 Å². The maximum Gasteiger partial charge on any atom is 0.313 e. The van der Waals surface area contributed by atoms with Gasteiger partial charge in [-0.2, -0.15) is 0 Å². The van der Waals surface area contributed by atoms with Crippen LogP contribution in [0.25, 0.3) is 0 Å². The first-order chi connectivity index (χ1) is 11.8. The molecule has 4 N–H and O–H groups in total. The Morgan fingerprint density at radius 2 is 1.68 bits per heavy atom. The van der Waals surface area contributed by atoms with Gasteiger partial charge in [0.05, 0.1) is 17.7 Å². The number of hydrogen-bond acceptors (Lipinski definition) is 5. The molecule has 0 aliphatic heterocycles. The van der Waals surface area contributed by atoms with Crippen LogP contribution in [0.1, 0.15) is 5.56 Å². The summed E-state index contributed by atoms with van der Waals surface area (Å²) in [6, 6.07) is 12.3. The van der Waals surface area contributed by atoms with Gasteiger partial charge in [-0.1, -0.05) is 24.3 Å². The Kier molecular flexibility index (Phi) is 5.73. The quantitative estimate of drug-likeness (QED) is 0.670. The molecular formula is C16H17N3O5S. The zero-order valence-electron chi connectivity index (χ0n) is 13.4. The molecule has 2 aromatic carbocycles. The van der Waals surface area contributed by atoms with Gasteiger partial charge in [0.1, 0.15) is 5.75 Å². The van der Waals surface area contributed by atoms with E-state index in [9.17, 15) is 18.0 Å². The first-order valence-corrected chi connectivity index (χ1v) is 8.70. The molecule has 2 rings (SSSR count). The number of carbonyl (C=O) groups excluding carboxylic acids is 2. The van der Waals surface area contributed by atoms with Gasteiger partial charge in [0.15, 0.2) is 0 Å².